The standard InChI is InChI=1S/C19H19ClN4O4S/c1-2-3-7-17(25)21-13-5-4-6-14(11-13)22-19(29)23-18(26)12-8-9-15(20)16(10-12)24(27)28/h4-6,8-11H,2-3,7H2,1H3,(H,21,25)(H2,22,23,26,29). The molecule has 29 heavy (non-hydrogen) atoms. The summed E-state index contributed by atoms with van der Waals surface area (Å²) in [5.74, 6) is -0.699. The largest absolute Gasteiger partial charge is 0.332 e. The number of anilines is 2. The second kappa shape index (κ2) is 10.5. The topological polar surface area (TPSA) is 113 Å². The van der Waals surface area contributed by atoms with Crippen molar-refractivity contribution in [3.63, 3.8) is 0 Å². The molecule has 8 nitrogen and oxygen atoms in total. The van der Waals surface area contributed by atoms with Gasteiger partial charge >= 0.3 is 0 Å². The zero-order chi connectivity index (χ0) is 21.4. The predicted octanol–water partition coefficient (Wildman–Crippen LogP) is 4.50. The van der Waals surface area contributed by atoms with Gasteiger partial charge in [-0.15, -0.1) is 0 Å². The minimum atomic E-state index is -0.671. The summed E-state index contributed by atoms with van der Waals surface area (Å²) in [6, 6.07) is 10.6. The molecule has 152 valence electrons. The third-order valence-electron chi connectivity index (χ3n) is 3.79. The van der Waals surface area contributed by atoms with Crippen LogP contribution in [0, 0.1) is 10.1 Å². The average molecular weight is 435 g/mol. The van der Waals surface area contributed by atoms with Crippen LogP contribution in [0.5, 0.6) is 0 Å². The van der Waals surface area contributed by atoms with E-state index in [2.05, 4.69) is 16.0 Å². The lowest BCUT2D eigenvalue weighted by atomic mass is 10.2. The Kier molecular flexibility index (Phi) is 8.05. The fourth-order valence-electron chi connectivity index (χ4n) is 2.37. The lowest BCUT2D eigenvalue weighted by Gasteiger charge is -2.11. The van der Waals surface area contributed by atoms with Crippen molar-refractivity contribution in [2.24, 2.45) is 0 Å². The van der Waals surface area contributed by atoms with Crippen molar-refractivity contribution in [1.82, 2.24) is 5.32 Å². The zero-order valence-electron chi connectivity index (χ0n) is 15.5. The number of nitro groups is 1. The molecule has 0 bridgehead atoms. The third kappa shape index (κ3) is 6.81. The molecule has 0 aliphatic rings. The van der Waals surface area contributed by atoms with Gasteiger partial charge < -0.3 is 10.6 Å². The van der Waals surface area contributed by atoms with E-state index in [0.717, 1.165) is 18.9 Å². The van der Waals surface area contributed by atoms with Crippen LogP contribution in [0.2, 0.25) is 5.02 Å². The second-order valence-corrected chi connectivity index (χ2v) is 6.88. The SMILES string of the molecule is CCCCC(=O)Nc1cccc(NC(=S)NC(=O)c2ccc(Cl)c([N+](=O)[O-])c2)c1. The van der Waals surface area contributed by atoms with Crippen LogP contribution in [0.4, 0.5) is 17.1 Å². The Morgan fingerprint density at radius 2 is 1.83 bits per heavy atom. The first kappa shape index (κ1) is 22.3. The summed E-state index contributed by atoms with van der Waals surface area (Å²) in [5, 5.41) is 19.0. The van der Waals surface area contributed by atoms with E-state index in [9.17, 15) is 19.7 Å². The van der Waals surface area contributed by atoms with Crippen molar-refractivity contribution in [1.29, 1.82) is 0 Å². The molecule has 2 aromatic rings. The van der Waals surface area contributed by atoms with E-state index in [-0.39, 0.29) is 27.3 Å². The maximum absolute atomic E-state index is 12.3. The van der Waals surface area contributed by atoms with Gasteiger partial charge in [0.1, 0.15) is 5.02 Å². The Hall–Kier alpha value is -3.04. The summed E-state index contributed by atoms with van der Waals surface area (Å²) in [7, 11) is 0. The number of carbonyl (C=O) groups is 2. The molecular weight excluding hydrogens is 416 g/mol. The molecular formula is C19H19ClN4O4S. The van der Waals surface area contributed by atoms with E-state index < -0.39 is 10.8 Å². The zero-order valence-corrected chi connectivity index (χ0v) is 17.1. The van der Waals surface area contributed by atoms with Gasteiger partial charge in [0, 0.05) is 29.4 Å². The fraction of sp³-hybridized carbons (Fsp3) is 0.211. The summed E-state index contributed by atoms with van der Waals surface area (Å²) >= 11 is 10.9. The van der Waals surface area contributed by atoms with E-state index in [0.29, 0.717) is 17.8 Å². The summed E-state index contributed by atoms with van der Waals surface area (Å²) in [6.07, 6.45) is 2.18. The highest BCUT2D eigenvalue weighted by atomic mass is 35.5. The number of hydrogen-bond donors (Lipinski definition) is 3. The molecule has 0 aliphatic heterocycles. The van der Waals surface area contributed by atoms with Gasteiger partial charge in [0.25, 0.3) is 11.6 Å². The Labute approximate surface area is 177 Å². The first-order chi connectivity index (χ1) is 13.8. The lowest BCUT2D eigenvalue weighted by Crippen LogP contribution is -2.34. The molecule has 0 aliphatic carbocycles. The molecule has 0 saturated carbocycles. The van der Waals surface area contributed by atoms with Crippen molar-refractivity contribution < 1.29 is 14.5 Å². The van der Waals surface area contributed by atoms with E-state index in [1.807, 2.05) is 6.92 Å². The van der Waals surface area contributed by atoms with Crippen molar-refractivity contribution in [2.45, 2.75) is 26.2 Å². The molecule has 0 aromatic heterocycles. The number of benzene rings is 2. The van der Waals surface area contributed by atoms with Gasteiger partial charge in [-0.25, -0.2) is 0 Å². The minimum absolute atomic E-state index is 0.00191. The maximum Gasteiger partial charge on any atom is 0.288 e. The van der Waals surface area contributed by atoms with E-state index in [1.54, 1.807) is 24.3 Å². The molecule has 0 unspecified atom stereocenters. The van der Waals surface area contributed by atoms with Crippen LogP contribution >= 0.6 is 23.8 Å². The number of unbranched alkanes of at least 4 members (excludes halogenated alkanes) is 1. The summed E-state index contributed by atoms with van der Waals surface area (Å²) in [6.45, 7) is 2.01. The highest BCUT2D eigenvalue weighted by Gasteiger charge is 2.17. The van der Waals surface area contributed by atoms with Gasteiger partial charge in [-0.3, -0.25) is 25.0 Å². The highest BCUT2D eigenvalue weighted by Crippen LogP contribution is 2.25. The number of rotatable bonds is 7. The molecule has 0 heterocycles. The molecule has 2 aromatic carbocycles. The Balaban J connectivity index is 1.99. The van der Waals surface area contributed by atoms with Crippen molar-refractivity contribution in [3.8, 4) is 0 Å². The molecule has 2 amide bonds. The van der Waals surface area contributed by atoms with Gasteiger partial charge in [0.05, 0.1) is 4.92 Å². The van der Waals surface area contributed by atoms with Crippen molar-refractivity contribution in [3.05, 3.63) is 63.2 Å². The number of amides is 2. The van der Waals surface area contributed by atoms with Crippen LogP contribution in [0.15, 0.2) is 42.5 Å². The van der Waals surface area contributed by atoms with Crippen LogP contribution in [-0.4, -0.2) is 21.9 Å². The van der Waals surface area contributed by atoms with Crippen molar-refractivity contribution >= 4 is 57.8 Å². The maximum atomic E-state index is 12.3. The molecule has 10 heteroatoms. The Morgan fingerprint density at radius 1 is 1.14 bits per heavy atom. The van der Waals surface area contributed by atoms with Crippen LogP contribution in [-0.2, 0) is 4.79 Å². The number of nitrogens with one attached hydrogen (secondary N) is 3. The number of hydrogen-bond acceptors (Lipinski definition) is 5. The second-order valence-electron chi connectivity index (χ2n) is 6.06. The quantitative estimate of drug-likeness (QED) is 0.336. The Morgan fingerprint density at radius 3 is 2.48 bits per heavy atom. The van der Waals surface area contributed by atoms with Crippen LogP contribution < -0.4 is 16.0 Å². The first-order valence-electron chi connectivity index (χ1n) is 8.76. The number of halogens is 1. The van der Waals surface area contributed by atoms with Gasteiger partial charge in [-0.1, -0.05) is 31.0 Å². The van der Waals surface area contributed by atoms with Gasteiger partial charge in [-0.05, 0) is 49.0 Å². The number of carbonyl (C=O) groups excluding carboxylic acids is 2. The summed E-state index contributed by atoms with van der Waals surface area (Å²) in [4.78, 5) is 34.4. The Bertz CT molecular complexity index is 952. The van der Waals surface area contributed by atoms with Crippen LogP contribution in [0.1, 0.15) is 36.5 Å². The fourth-order valence-corrected chi connectivity index (χ4v) is 2.76. The summed E-state index contributed by atoms with van der Waals surface area (Å²) < 4.78 is 0. The number of nitro benzene ring substituents is 1. The normalized spacial score (nSPS) is 10.1. The number of nitrogens with zero attached hydrogens (tertiary/aromatic N) is 1. The first-order valence-corrected chi connectivity index (χ1v) is 9.55. The minimum Gasteiger partial charge on any atom is -0.332 e. The monoisotopic (exact) mass is 434 g/mol. The molecule has 2 rings (SSSR count). The van der Waals surface area contributed by atoms with Crippen LogP contribution in [0.25, 0.3) is 0 Å². The van der Waals surface area contributed by atoms with Crippen LogP contribution in [0.3, 0.4) is 0 Å². The van der Waals surface area contributed by atoms with Gasteiger partial charge in [-0.2, -0.15) is 0 Å². The van der Waals surface area contributed by atoms with E-state index in [4.69, 9.17) is 23.8 Å². The molecule has 0 saturated heterocycles. The highest BCUT2D eigenvalue weighted by molar-refractivity contribution is 7.80. The van der Waals surface area contributed by atoms with E-state index in [1.165, 1.54) is 12.1 Å². The lowest BCUT2D eigenvalue weighted by molar-refractivity contribution is -0.384. The predicted molar refractivity (Wildman–Crippen MR) is 116 cm³/mol. The molecule has 0 atom stereocenters. The molecule has 0 fully saturated rings. The molecule has 3 N–H and O–H groups in total. The molecule has 0 spiro atoms. The summed E-state index contributed by atoms with van der Waals surface area (Å²) in [5.41, 5.74) is 0.830. The number of thiocarbonyl (C=S) groups is 1. The van der Waals surface area contributed by atoms with E-state index >= 15 is 0 Å². The third-order valence-corrected chi connectivity index (χ3v) is 4.32. The van der Waals surface area contributed by atoms with Gasteiger partial charge in [0.2, 0.25) is 5.91 Å². The molecule has 0 radical (unpaired) electrons. The van der Waals surface area contributed by atoms with Gasteiger partial charge in [0.15, 0.2) is 5.11 Å². The smallest absolute Gasteiger partial charge is 0.288 e. The average Bonchev–Trinajstić information content (AvgIpc) is 2.66. The van der Waals surface area contributed by atoms with Crippen molar-refractivity contribution in [2.75, 3.05) is 10.6 Å².